The quantitative estimate of drug-likeness (QED) is 0.509. The van der Waals surface area contributed by atoms with E-state index in [0.29, 0.717) is 6.61 Å². The molecule has 0 amide bonds. The lowest BCUT2D eigenvalue weighted by molar-refractivity contribution is 0.199. The Morgan fingerprint density at radius 1 is 1.19 bits per heavy atom. The molecule has 3 N–H and O–H groups in total. The van der Waals surface area contributed by atoms with Crippen LogP contribution < -0.4 is 5.32 Å². The van der Waals surface area contributed by atoms with Crippen molar-refractivity contribution >= 4 is 11.3 Å². The third-order valence-electron chi connectivity index (χ3n) is 2.92. The lowest BCUT2D eigenvalue weighted by atomic mass is 10.2. The average molecular weight is 309 g/mol. The van der Waals surface area contributed by atoms with Crippen LogP contribution in [-0.2, 0) is 11.2 Å². The van der Waals surface area contributed by atoms with Gasteiger partial charge in [-0.25, -0.2) is 0 Å². The Morgan fingerprint density at radius 3 is 2.81 bits per heavy atom. The summed E-state index contributed by atoms with van der Waals surface area (Å²) in [5.74, 6) is -0.280. The fourth-order valence-corrected chi connectivity index (χ4v) is 2.67. The molecule has 0 aliphatic rings. The maximum absolute atomic E-state index is 9.50. The number of benzene rings is 1. The van der Waals surface area contributed by atoms with Gasteiger partial charge in [-0.05, 0) is 31.2 Å². The summed E-state index contributed by atoms with van der Waals surface area (Å²) in [4.78, 5) is 0. The van der Waals surface area contributed by atoms with Gasteiger partial charge in [-0.1, -0.05) is 11.3 Å². The molecular weight excluding hydrogens is 290 g/mol. The summed E-state index contributed by atoms with van der Waals surface area (Å²) >= 11 is 1.50. The van der Waals surface area contributed by atoms with Crippen LogP contribution in [0.15, 0.2) is 18.2 Å². The number of rotatable bonds is 8. The van der Waals surface area contributed by atoms with Crippen LogP contribution in [0.4, 0.5) is 0 Å². The highest BCUT2D eigenvalue weighted by Gasteiger charge is 2.09. The van der Waals surface area contributed by atoms with E-state index in [0.717, 1.165) is 41.5 Å². The van der Waals surface area contributed by atoms with Crippen molar-refractivity contribution in [2.24, 2.45) is 0 Å². The van der Waals surface area contributed by atoms with Crippen molar-refractivity contribution < 1.29 is 14.9 Å². The van der Waals surface area contributed by atoms with E-state index in [9.17, 15) is 10.2 Å². The molecule has 7 heteroatoms. The number of nitrogens with one attached hydrogen (secondary N) is 1. The normalized spacial score (nSPS) is 10.9. The highest BCUT2D eigenvalue weighted by Crippen LogP contribution is 2.31. The van der Waals surface area contributed by atoms with Crippen LogP contribution in [0.25, 0.3) is 10.6 Å². The largest absolute Gasteiger partial charge is 0.504 e. The number of hydrogen-bond acceptors (Lipinski definition) is 7. The monoisotopic (exact) mass is 309 g/mol. The zero-order chi connectivity index (χ0) is 15.1. The molecule has 21 heavy (non-hydrogen) atoms. The van der Waals surface area contributed by atoms with Crippen molar-refractivity contribution in [1.29, 1.82) is 0 Å². The number of ether oxygens (including phenoxy) is 1. The molecule has 6 nitrogen and oxygen atoms in total. The maximum Gasteiger partial charge on any atom is 0.158 e. The van der Waals surface area contributed by atoms with Crippen molar-refractivity contribution in [3.63, 3.8) is 0 Å². The van der Waals surface area contributed by atoms with Crippen LogP contribution in [0.3, 0.4) is 0 Å². The molecule has 0 atom stereocenters. The first kappa shape index (κ1) is 15.7. The first-order valence-electron chi connectivity index (χ1n) is 6.75. The van der Waals surface area contributed by atoms with Gasteiger partial charge in [0.05, 0.1) is 6.61 Å². The van der Waals surface area contributed by atoms with Gasteiger partial charge >= 0.3 is 0 Å². The van der Waals surface area contributed by atoms with Crippen molar-refractivity contribution in [2.75, 3.05) is 26.8 Å². The number of hydrogen-bond donors (Lipinski definition) is 3. The highest BCUT2D eigenvalue weighted by atomic mass is 32.1. The lowest BCUT2D eigenvalue weighted by Crippen LogP contribution is -2.20. The Balaban J connectivity index is 1.85. The molecule has 2 rings (SSSR count). The van der Waals surface area contributed by atoms with E-state index in [-0.39, 0.29) is 11.5 Å². The second-order valence-electron chi connectivity index (χ2n) is 4.55. The van der Waals surface area contributed by atoms with Gasteiger partial charge in [-0.15, -0.1) is 10.2 Å². The first-order valence-corrected chi connectivity index (χ1v) is 7.56. The molecule has 0 aliphatic carbocycles. The molecule has 1 aromatic carbocycles. The molecule has 0 unspecified atom stereocenters. The van der Waals surface area contributed by atoms with Gasteiger partial charge < -0.3 is 20.3 Å². The molecule has 0 saturated heterocycles. The second-order valence-corrected chi connectivity index (χ2v) is 5.61. The predicted octanol–water partition coefficient (Wildman–Crippen LogP) is 1.78. The van der Waals surface area contributed by atoms with Gasteiger partial charge in [0.15, 0.2) is 11.5 Å². The fraction of sp³-hybridized carbons (Fsp3) is 0.429. The maximum atomic E-state index is 9.50. The Kier molecular flexibility index (Phi) is 5.91. The molecule has 0 spiro atoms. The first-order chi connectivity index (χ1) is 10.2. The summed E-state index contributed by atoms with van der Waals surface area (Å²) in [5, 5.41) is 32.1. The molecule has 0 bridgehead atoms. The smallest absolute Gasteiger partial charge is 0.158 e. The minimum Gasteiger partial charge on any atom is -0.504 e. The van der Waals surface area contributed by atoms with Crippen LogP contribution in [0.2, 0.25) is 0 Å². The molecule has 0 radical (unpaired) electrons. The van der Waals surface area contributed by atoms with E-state index in [1.165, 1.54) is 23.5 Å². The Hall–Kier alpha value is -1.70. The molecule has 2 aromatic rings. The Morgan fingerprint density at radius 2 is 2.05 bits per heavy atom. The summed E-state index contributed by atoms with van der Waals surface area (Å²) in [6, 6.07) is 4.66. The number of aryl methyl sites for hydroxylation is 1. The van der Waals surface area contributed by atoms with Gasteiger partial charge in [-0.3, -0.25) is 0 Å². The van der Waals surface area contributed by atoms with Gasteiger partial charge in [-0.2, -0.15) is 0 Å². The lowest BCUT2D eigenvalue weighted by Gasteiger charge is -2.01. The van der Waals surface area contributed by atoms with Crippen LogP contribution in [0.1, 0.15) is 11.4 Å². The van der Waals surface area contributed by atoms with Gasteiger partial charge in [0, 0.05) is 25.6 Å². The number of aromatic nitrogens is 2. The van der Waals surface area contributed by atoms with Crippen LogP contribution in [0.5, 0.6) is 11.5 Å². The third kappa shape index (κ3) is 4.66. The van der Waals surface area contributed by atoms with E-state index in [4.69, 9.17) is 4.74 Å². The SMILES string of the molecule is COCCNCCCc1nnc(-c2ccc(O)c(O)c2)s1. The van der Waals surface area contributed by atoms with Crippen LogP contribution in [0, 0.1) is 0 Å². The summed E-state index contributed by atoms with van der Waals surface area (Å²) < 4.78 is 4.96. The number of aromatic hydroxyl groups is 2. The minimum atomic E-state index is -0.147. The average Bonchev–Trinajstić information content (AvgIpc) is 2.94. The number of phenolic OH excluding ortho intramolecular Hbond substituents is 2. The number of nitrogens with zero attached hydrogens (tertiary/aromatic N) is 2. The van der Waals surface area contributed by atoms with E-state index in [1.807, 2.05) is 0 Å². The molecule has 1 aromatic heterocycles. The molecule has 114 valence electrons. The molecule has 0 aliphatic heterocycles. The fourth-order valence-electron chi connectivity index (χ4n) is 1.79. The Bertz CT molecular complexity index is 574. The van der Waals surface area contributed by atoms with Crippen molar-refractivity contribution in [1.82, 2.24) is 15.5 Å². The zero-order valence-electron chi connectivity index (χ0n) is 11.9. The van der Waals surface area contributed by atoms with Gasteiger partial charge in [0.2, 0.25) is 0 Å². The van der Waals surface area contributed by atoms with E-state index < -0.39 is 0 Å². The van der Waals surface area contributed by atoms with E-state index >= 15 is 0 Å². The number of methoxy groups -OCH3 is 1. The summed E-state index contributed by atoms with van der Waals surface area (Å²) in [6.07, 6.45) is 1.85. The van der Waals surface area contributed by atoms with Crippen molar-refractivity contribution in [3.05, 3.63) is 23.2 Å². The van der Waals surface area contributed by atoms with Crippen molar-refractivity contribution in [3.8, 4) is 22.1 Å². The molecule has 1 heterocycles. The third-order valence-corrected chi connectivity index (χ3v) is 3.95. The topological polar surface area (TPSA) is 87.5 Å². The molecular formula is C14H19N3O3S. The Labute approximate surface area is 127 Å². The summed E-state index contributed by atoms with van der Waals surface area (Å²) in [7, 11) is 1.69. The van der Waals surface area contributed by atoms with E-state index in [1.54, 1.807) is 13.2 Å². The molecule has 0 fully saturated rings. The minimum absolute atomic E-state index is 0.134. The van der Waals surface area contributed by atoms with Gasteiger partial charge in [0.1, 0.15) is 10.0 Å². The highest BCUT2D eigenvalue weighted by molar-refractivity contribution is 7.14. The van der Waals surface area contributed by atoms with Crippen molar-refractivity contribution in [2.45, 2.75) is 12.8 Å². The standard InChI is InChI=1S/C14H19N3O3S/c1-20-8-7-15-6-2-3-13-16-17-14(21-13)10-4-5-11(18)12(19)9-10/h4-5,9,15,18-19H,2-3,6-8H2,1H3. The molecule has 0 saturated carbocycles. The predicted molar refractivity (Wildman–Crippen MR) is 81.7 cm³/mol. The van der Waals surface area contributed by atoms with Gasteiger partial charge in [0.25, 0.3) is 0 Å². The number of phenols is 2. The summed E-state index contributed by atoms with van der Waals surface area (Å²) in [5.41, 5.74) is 0.757. The van der Waals surface area contributed by atoms with Crippen LogP contribution >= 0.6 is 11.3 Å². The second kappa shape index (κ2) is 7.92. The van der Waals surface area contributed by atoms with Crippen LogP contribution in [-0.4, -0.2) is 47.2 Å². The van der Waals surface area contributed by atoms with E-state index in [2.05, 4.69) is 15.5 Å². The zero-order valence-corrected chi connectivity index (χ0v) is 12.7. The summed E-state index contributed by atoms with van der Waals surface area (Å²) in [6.45, 7) is 2.48.